The Hall–Kier alpha value is -2.82. The van der Waals surface area contributed by atoms with Crippen molar-refractivity contribution in [2.45, 2.75) is 44.3 Å². The van der Waals surface area contributed by atoms with E-state index in [1.807, 2.05) is 36.4 Å². The maximum atomic E-state index is 12.9. The van der Waals surface area contributed by atoms with Gasteiger partial charge in [0.25, 0.3) is 5.78 Å². The Morgan fingerprint density at radius 1 is 1.30 bits per heavy atom. The Bertz CT molecular complexity index is 840. The number of hydrogen-bond acceptors (Lipinski definition) is 5. The summed E-state index contributed by atoms with van der Waals surface area (Å²) >= 11 is 0. The minimum Gasteiger partial charge on any atom is -0.424 e. The summed E-state index contributed by atoms with van der Waals surface area (Å²) in [7, 11) is 0. The van der Waals surface area contributed by atoms with E-state index in [-0.39, 0.29) is 11.8 Å². The van der Waals surface area contributed by atoms with E-state index in [0.29, 0.717) is 38.6 Å². The summed E-state index contributed by atoms with van der Waals surface area (Å²) in [4.78, 5) is 17.0. The van der Waals surface area contributed by atoms with Crippen molar-refractivity contribution in [3.8, 4) is 6.07 Å². The van der Waals surface area contributed by atoms with Crippen LogP contribution < -0.4 is 4.90 Å². The summed E-state index contributed by atoms with van der Waals surface area (Å²) in [5.41, 5.74) is 0.347. The van der Waals surface area contributed by atoms with Crippen LogP contribution in [0.1, 0.15) is 41.2 Å². The first-order valence-corrected chi connectivity index (χ1v) is 8.71. The molecule has 3 rings (SSSR count). The lowest BCUT2D eigenvalue weighted by Gasteiger charge is -2.19. The lowest BCUT2D eigenvalue weighted by atomic mass is 10.1. The fourth-order valence-corrected chi connectivity index (χ4v) is 3.17. The lowest BCUT2D eigenvalue weighted by Crippen LogP contribution is -2.31. The SMILES string of the molecule is N#CC1CCCN1c1oc(CCCc2ccccc2)nc1C(=O)C(F)(F)F. The second-order valence-electron chi connectivity index (χ2n) is 6.41. The topological polar surface area (TPSA) is 70.1 Å². The number of Topliss-reactive ketones (excluding diaryl/α,β-unsaturated/α-hetero) is 1. The number of ketones is 1. The van der Waals surface area contributed by atoms with Gasteiger partial charge in [0.15, 0.2) is 11.6 Å². The van der Waals surface area contributed by atoms with Crippen molar-refractivity contribution in [3.63, 3.8) is 0 Å². The molecule has 27 heavy (non-hydrogen) atoms. The molecule has 1 aliphatic rings. The number of aromatic nitrogens is 1. The third kappa shape index (κ3) is 4.30. The number of oxazole rings is 1. The van der Waals surface area contributed by atoms with Crippen LogP contribution in [0.5, 0.6) is 0 Å². The van der Waals surface area contributed by atoms with Gasteiger partial charge in [-0.25, -0.2) is 4.98 Å². The number of carbonyl (C=O) groups excluding carboxylic acids is 1. The molecule has 0 aliphatic carbocycles. The number of aryl methyl sites for hydroxylation is 2. The van der Waals surface area contributed by atoms with Gasteiger partial charge in [-0.05, 0) is 31.2 Å². The molecule has 0 spiro atoms. The molecular weight excluding hydrogens is 359 g/mol. The molecule has 0 bridgehead atoms. The molecule has 1 unspecified atom stereocenters. The van der Waals surface area contributed by atoms with E-state index < -0.39 is 23.7 Å². The largest absolute Gasteiger partial charge is 0.456 e. The van der Waals surface area contributed by atoms with Gasteiger partial charge in [0, 0.05) is 13.0 Å². The summed E-state index contributed by atoms with van der Waals surface area (Å²) in [6, 6.07) is 11.1. The Morgan fingerprint density at radius 3 is 2.70 bits per heavy atom. The molecular formula is C19H18F3N3O2. The van der Waals surface area contributed by atoms with Crippen LogP contribution in [-0.2, 0) is 12.8 Å². The van der Waals surface area contributed by atoms with Gasteiger partial charge in [0.05, 0.1) is 6.07 Å². The van der Waals surface area contributed by atoms with Gasteiger partial charge in [-0.3, -0.25) is 4.79 Å². The first-order valence-electron chi connectivity index (χ1n) is 8.71. The van der Waals surface area contributed by atoms with E-state index in [4.69, 9.17) is 4.42 Å². The van der Waals surface area contributed by atoms with Crippen LogP contribution in [0.2, 0.25) is 0 Å². The van der Waals surface area contributed by atoms with Crippen molar-refractivity contribution in [1.82, 2.24) is 4.98 Å². The zero-order valence-corrected chi connectivity index (χ0v) is 14.5. The highest BCUT2D eigenvalue weighted by Gasteiger charge is 2.45. The average Bonchev–Trinajstić information content (AvgIpc) is 3.27. The average molecular weight is 377 g/mol. The van der Waals surface area contributed by atoms with Crippen molar-refractivity contribution < 1.29 is 22.4 Å². The second kappa shape index (κ2) is 7.82. The Balaban J connectivity index is 1.81. The molecule has 0 saturated carbocycles. The summed E-state index contributed by atoms with van der Waals surface area (Å²) in [6.07, 6.45) is -2.26. The highest BCUT2D eigenvalue weighted by molar-refractivity contribution is 6.02. The van der Waals surface area contributed by atoms with Crippen LogP contribution in [-0.4, -0.2) is 29.5 Å². The molecule has 142 valence electrons. The molecule has 1 aromatic heterocycles. The molecule has 0 radical (unpaired) electrons. The quantitative estimate of drug-likeness (QED) is 0.709. The van der Waals surface area contributed by atoms with Crippen molar-refractivity contribution in [3.05, 3.63) is 47.5 Å². The molecule has 1 atom stereocenters. The van der Waals surface area contributed by atoms with Crippen LogP contribution >= 0.6 is 0 Å². The normalized spacial score (nSPS) is 17.1. The maximum Gasteiger partial charge on any atom is 0.456 e. The van der Waals surface area contributed by atoms with E-state index in [2.05, 4.69) is 4.98 Å². The molecule has 2 heterocycles. The summed E-state index contributed by atoms with van der Waals surface area (Å²) in [6.45, 7) is 0.356. The van der Waals surface area contributed by atoms with Gasteiger partial charge in [0.1, 0.15) is 6.04 Å². The van der Waals surface area contributed by atoms with Crippen LogP contribution in [0.25, 0.3) is 0 Å². The molecule has 2 aromatic rings. The third-order valence-electron chi connectivity index (χ3n) is 4.49. The summed E-state index contributed by atoms with van der Waals surface area (Å²) < 4.78 is 44.4. The first kappa shape index (κ1) is 19.0. The van der Waals surface area contributed by atoms with Gasteiger partial charge in [0.2, 0.25) is 5.88 Å². The standard InChI is InChI=1S/C19H18F3N3O2/c20-19(21,22)17(26)16-18(25-11-5-9-14(25)12-23)27-15(24-16)10-4-8-13-6-2-1-3-7-13/h1-3,6-7,14H,4-5,8-11H2. The smallest absolute Gasteiger partial charge is 0.424 e. The molecule has 1 aromatic carbocycles. The second-order valence-corrected chi connectivity index (χ2v) is 6.41. The van der Waals surface area contributed by atoms with Gasteiger partial charge in [-0.1, -0.05) is 30.3 Å². The minimum absolute atomic E-state index is 0.0807. The van der Waals surface area contributed by atoms with E-state index >= 15 is 0 Å². The van der Waals surface area contributed by atoms with E-state index in [9.17, 15) is 23.2 Å². The number of hydrogen-bond donors (Lipinski definition) is 0. The maximum absolute atomic E-state index is 12.9. The number of benzene rings is 1. The third-order valence-corrected chi connectivity index (χ3v) is 4.49. The van der Waals surface area contributed by atoms with Gasteiger partial charge in [-0.15, -0.1) is 0 Å². The van der Waals surface area contributed by atoms with Crippen LogP contribution in [0.3, 0.4) is 0 Å². The number of nitriles is 1. The van der Waals surface area contributed by atoms with Crippen LogP contribution in [0.4, 0.5) is 19.1 Å². The number of halogens is 3. The van der Waals surface area contributed by atoms with Crippen molar-refractivity contribution in [1.29, 1.82) is 5.26 Å². The summed E-state index contributed by atoms with van der Waals surface area (Å²) in [5.74, 6) is -2.20. The number of rotatable bonds is 6. The van der Waals surface area contributed by atoms with E-state index in [1.54, 1.807) is 0 Å². The molecule has 1 aliphatic heterocycles. The molecule has 1 saturated heterocycles. The van der Waals surface area contributed by atoms with Gasteiger partial charge in [-0.2, -0.15) is 18.4 Å². The number of nitrogens with zero attached hydrogens (tertiary/aromatic N) is 3. The van der Waals surface area contributed by atoms with Crippen molar-refractivity contribution in [2.24, 2.45) is 0 Å². The summed E-state index contributed by atoms with van der Waals surface area (Å²) in [5, 5.41) is 9.20. The first-order chi connectivity index (χ1) is 12.9. The molecule has 8 heteroatoms. The lowest BCUT2D eigenvalue weighted by molar-refractivity contribution is -0.0887. The molecule has 0 amide bonds. The van der Waals surface area contributed by atoms with Crippen molar-refractivity contribution in [2.75, 3.05) is 11.4 Å². The zero-order valence-electron chi connectivity index (χ0n) is 14.5. The highest BCUT2D eigenvalue weighted by Crippen LogP contribution is 2.33. The van der Waals surface area contributed by atoms with Gasteiger partial charge < -0.3 is 9.32 Å². The Kier molecular flexibility index (Phi) is 5.49. The fourth-order valence-electron chi connectivity index (χ4n) is 3.17. The molecule has 0 N–H and O–H groups in total. The molecule has 5 nitrogen and oxygen atoms in total. The van der Waals surface area contributed by atoms with E-state index in [1.165, 1.54) is 4.90 Å². The number of anilines is 1. The zero-order chi connectivity index (χ0) is 19.4. The number of alkyl halides is 3. The van der Waals surface area contributed by atoms with Crippen LogP contribution in [0.15, 0.2) is 34.7 Å². The van der Waals surface area contributed by atoms with Crippen molar-refractivity contribution >= 4 is 11.7 Å². The van der Waals surface area contributed by atoms with Gasteiger partial charge >= 0.3 is 6.18 Å². The number of carbonyl (C=O) groups is 1. The predicted molar refractivity (Wildman–Crippen MR) is 91.3 cm³/mol. The fraction of sp³-hybridized carbons (Fsp3) is 0.421. The minimum atomic E-state index is -5.05. The Labute approximate surface area is 154 Å². The monoisotopic (exact) mass is 377 g/mol. The predicted octanol–water partition coefficient (Wildman–Crippen LogP) is 4.09. The van der Waals surface area contributed by atoms with E-state index in [0.717, 1.165) is 5.56 Å². The molecule has 1 fully saturated rings. The Morgan fingerprint density at radius 2 is 2.04 bits per heavy atom. The van der Waals surface area contributed by atoms with Crippen LogP contribution in [0, 0.1) is 11.3 Å². The highest BCUT2D eigenvalue weighted by atomic mass is 19.4.